The maximum Gasteiger partial charge on any atom is -0.109 e. The minimum Gasteiger partial charge on any atom is -0.273 e. The van der Waals surface area contributed by atoms with Crippen LogP contribution >= 0.6 is 24.8 Å². The first kappa shape index (κ1) is 25.9. The van der Waals surface area contributed by atoms with Gasteiger partial charge in [0.05, 0.1) is 0 Å². The SMILES string of the molecule is CCCCc1c[cH-]c2ccccc12.C[C](C)=[Zr+2].Cl.Cl.[C-]1=CC=CC1. The van der Waals surface area contributed by atoms with Crippen LogP contribution in [0.25, 0.3) is 10.8 Å². The van der Waals surface area contributed by atoms with Crippen molar-refractivity contribution in [3.05, 3.63) is 66.3 Å². The fraction of sp³-hybridized carbons (Fsp3) is 0.333. The average molecular weight is 443 g/mol. The van der Waals surface area contributed by atoms with Gasteiger partial charge in [0.15, 0.2) is 0 Å². The standard InChI is InChI=1S/C13H15.C5H5.C3H6.2ClH.Zr/c1-2-3-6-11-9-10-12-7-4-5-8-13(11)12;1-2-4-5-3-1;1-3-2;;;/h4-5,7-10H,2-3,6H2,1H3;1-3H,4H2;1-2H3;2*1H;/q2*-1;;;;+2. The molecule has 0 heterocycles. The Morgan fingerprint density at radius 1 is 1.21 bits per heavy atom. The maximum absolute atomic E-state index is 2.99. The van der Waals surface area contributed by atoms with Crippen LogP contribution in [0, 0.1) is 6.08 Å². The Bertz CT molecular complexity index is 610. The third-order valence-electron chi connectivity index (χ3n) is 3.16. The number of benzene rings is 1. The van der Waals surface area contributed by atoms with Crippen molar-refractivity contribution in [3.63, 3.8) is 0 Å². The zero-order valence-corrected chi connectivity index (χ0v) is 18.9. The van der Waals surface area contributed by atoms with E-state index in [9.17, 15) is 0 Å². The minimum absolute atomic E-state index is 0. The molecule has 0 saturated carbocycles. The van der Waals surface area contributed by atoms with Crippen molar-refractivity contribution in [3.8, 4) is 0 Å². The van der Waals surface area contributed by atoms with Crippen LogP contribution in [0.15, 0.2) is 54.6 Å². The Kier molecular flexibility index (Phi) is 17.4. The fourth-order valence-electron chi connectivity index (χ4n) is 2.14. The second-order valence-electron chi connectivity index (χ2n) is 5.55. The zero-order valence-electron chi connectivity index (χ0n) is 14.8. The molecule has 0 fully saturated rings. The number of hydrogen-bond acceptors (Lipinski definition) is 0. The Hall–Kier alpha value is -0.357. The van der Waals surface area contributed by atoms with Crippen molar-refractivity contribution in [1.82, 2.24) is 0 Å². The summed E-state index contributed by atoms with van der Waals surface area (Å²) in [6.07, 6.45) is 13.8. The van der Waals surface area contributed by atoms with Crippen LogP contribution < -0.4 is 0 Å². The largest absolute Gasteiger partial charge is 0.273 e. The van der Waals surface area contributed by atoms with E-state index in [2.05, 4.69) is 69.3 Å². The van der Waals surface area contributed by atoms with Gasteiger partial charge in [0.25, 0.3) is 0 Å². The number of unbranched alkanes of at least 4 members (excludes halogenated alkanes) is 1. The van der Waals surface area contributed by atoms with Crippen LogP contribution in [0.2, 0.25) is 0 Å². The van der Waals surface area contributed by atoms with Gasteiger partial charge in [-0.05, 0) is 0 Å². The summed E-state index contributed by atoms with van der Waals surface area (Å²) in [7, 11) is 0. The summed E-state index contributed by atoms with van der Waals surface area (Å²) in [5.41, 5.74) is 1.51. The number of allylic oxidation sites excluding steroid dienone is 4. The molecular formula is C21H28Cl2Zr. The Morgan fingerprint density at radius 2 is 1.88 bits per heavy atom. The van der Waals surface area contributed by atoms with Crippen LogP contribution in [0.4, 0.5) is 0 Å². The summed E-state index contributed by atoms with van der Waals surface area (Å²) in [5.74, 6) is 0. The van der Waals surface area contributed by atoms with Crippen molar-refractivity contribution in [1.29, 1.82) is 0 Å². The molecule has 0 amide bonds. The molecule has 130 valence electrons. The second-order valence-corrected chi connectivity index (χ2v) is 8.01. The Labute approximate surface area is 174 Å². The van der Waals surface area contributed by atoms with E-state index in [0.717, 1.165) is 6.42 Å². The average Bonchev–Trinajstić information content (AvgIpc) is 3.18. The monoisotopic (exact) mass is 440 g/mol. The molecule has 0 nitrogen and oxygen atoms in total. The number of hydrogen-bond donors (Lipinski definition) is 0. The van der Waals surface area contributed by atoms with Crippen LogP contribution in [0.1, 0.15) is 45.6 Å². The predicted octanol–water partition coefficient (Wildman–Crippen LogP) is 6.80. The molecule has 3 rings (SSSR count). The van der Waals surface area contributed by atoms with Crippen molar-refractivity contribution < 1.29 is 24.2 Å². The second kappa shape index (κ2) is 16.1. The quantitative estimate of drug-likeness (QED) is 0.459. The summed E-state index contributed by atoms with van der Waals surface area (Å²) in [5, 5.41) is 2.82. The molecule has 0 unspecified atom stereocenters. The molecule has 0 bridgehead atoms. The van der Waals surface area contributed by atoms with Gasteiger partial charge in [-0.25, -0.2) is 12.2 Å². The van der Waals surface area contributed by atoms with E-state index < -0.39 is 0 Å². The van der Waals surface area contributed by atoms with Gasteiger partial charge in [-0.1, -0.05) is 32.3 Å². The van der Waals surface area contributed by atoms with Crippen molar-refractivity contribution in [2.75, 3.05) is 0 Å². The number of aryl methyl sites for hydroxylation is 1. The van der Waals surface area contributed by atoms with Gasteiger partial charge in [-0.15, -0.1) is 72.3 Å². The summed E-state index contributed by atoms with van der Waals surface area (Å²) in [6.45, 7) is 6.49. The van der Waals surface area contributed by atoms with Crippen LogP contribution in [0.5, 0.6) is 0 Å². The van der Waals surface area contributed by atoms with Crippen molar-refractivity contribution in [2.24, 2.45) is 0 Å². The fourth-order valence-corrected chi connectivity index (χ4v) is 2.14. The molecule has 0 aromatic heterocycles. The first-order valence-electron chi connectivity index (χ1n) is 8.02. The van der Waals surface area contributed by atoms with E-state index in [4.69, 9.17) is 0 Å². The van der Waals surface area contributed by atoms with Crippen LogP contribution in [0.3, 0.4) is 0 Å². The Morgan fingerprint density at radius 3 is 2.38 bits per heavy atom. The van der Waals surface area contributed by atoms with E-state index in [1.807, 2.05) is 12.2 Å². The molecule has 0 saturated heterocycles. The topological polar surface area (TPSA) is 0 Å². The predicted molar refractivity (Wildman–Crippen MR) is 111 cm³/mol. The first-order chi connectivity index (χ1) is 10.6. The number of fused-ring (bicyclic) bond motifs is 1. The molecule has 24 heavy (non-hydrogen) atoms. The van der Waals surface area contributed by atoms with Gasteiger partial charge in [-0.3, -0.25) is 6.08 Å². The molecule has 2 aromatic carbocycles. The smallest absolute Gasteiger partial charge is 0.109 e. The van der Waals surface area contributed by atoms with Gasteiger partial charge in [0.1, 0.15) is 0 Å². The molecule has 0 spiro atoms. The molecule has 1 aliphatic carbocycles. The van der Waals surface area contributed by atoms with Gasteiger partial charge in [0, 0.05) is 0 Å². The normalized spacial score (nSPS) is 10.7. The third-order valence-corrected chi connectivity index (χ3v) is 3.16. The van der Waals surface area contributed by atoms with E-state index in [1.54, 1.807) is 24.2 Å². The molecule has 2 aromatic rings. The molecule has 0 radical (unpaired) electrons. The van der Waals surface area contributed by atoms with Gasteiger partial charge in [0.2, 0.25) is 0 Å². The summed E-state index contributed by atoms with van der Waals surface area (Å²) in [6, 6.07) is 13.1. The molecule has 0 atom stereocenters. The number of halogens is 2. The Balaban J connectivity index is 0. The van der Waals surface area contributed by atoms with E-state index in [1.165, 1.54) is 38.8 Å². The molecular weight excluding hydrogens is 414 g/mol. The summed E-state index contributed by atoms with van der Waals surface area (Å²) >= 11 is 1.55. The zero-order chi connectivity index (χ0) is 16.2. The van der Waals surface area contributed by atoms with Crippen molar-refractivity contribution >= 4 is 38.8 Å². The summed E-state index contributed by atoms with van der Waals surface area (Å²) < 4.78 is 1.51. The maximum atomic E-state index is 2.99. The van der Waals surface area contributed by atoms with Crippen LogP contribution in [-0.2, 0) is 30.7 Å². The third kappa shape index (κ3) is 11.2. The number of rotatable bonds is 3. The molecule has 3 heteroatoms. The summed E-state index contributed by atoms with van der Waals surface area (Å²) in [4.78, 5) is 0. The molecule has 0 N–H and O–H groups in total. The van der Waals surface area contributed by atoms with E-state index in [-0.39, 0.29) is 24.8 Å². The molecule has 0 aliphatic heterocycles. The molecule has 1 aliphatic rings. The van der Waals surface area contributed by atoms with Gasteiger partial charge >= 0.3 is 41.3 Å². The van der Waals surface area contributed by atoms with Crippen LogP contribution in [-0.4, -0.2) is 3.21 Å². The minimum atomic E-state index is 0. The van der Waals surface area contributed by atoms with Crippen molar-refractivity contribution in [2.45, 2.75) is 46.5 Å². The van der Waals surface area contributed by atoms with Gasteiger partial charge in [-0.2, -0.15) is 11.6 Å². The first-order valence-corrected chi connectivity index (χ1v) is 9.24. The van der Waals surface area contributed by atoms with Gasteiger partial charge < -0.3 is 0 Å². The van der Waals surface area contributed by atoms with E-state index >= 15 is 0 Å². The van der Waals surface area contributed by atoms with E-state index in [0.29, 0.717) is 0 Å².